The van der Waals surface area contributed by atoms with E-state index in [1.165, 1.54) is 0 Å². The van der Waals surface area contributed by atoms with Crippen molar-refractivity contribution in [3.8, 4) is 6.01 Å². The first-order valence-electron chi connectivity index (χ1n) is 6.50. The first-order valence-corrected chi connectivity index (χ1v) is 6.50. The minimum Gasteiger partial charge on any atom is -0.463 e. The quantitative estimate of drug-likeness (QED) is 0.861. The number of rotatable bonds is 3. The molecule has 3 rings (SSSR count). The normalized spacial score (nSPS) is 20.3. The number of aromatic amines is 1. The van der Waals surface area contributed by atoms with Crippen molar-refractivity contribution in [3.63, 3.8) is 0 Å². The van der Waals surface area contributed by atoms with Crippen molar-refractivity contribution in [1.29, 1.82) is 0 Å². The van der Waals surface area contributed by atoms with E-state index in [0.29, 0.717) is 35.5 Å². The Hall–Kier alpha value is -1.89. The number of aromatic nitrogens is 4. The molecule has 3 N–H and O–H groups in total. The van der Waals surface area contributed by atoms with Gasteiger partial charge < -0.3 is 20.2 Å². The van der Waals surface area contributed by atoms with Gasteiger partial charge in [-0.1, -0.05) is 0 Å². The second kappa shape index (κ2) is 5.40. The van der Waals surface area contributed by atoms with Crippen LogP contribution in [0.3, 0.4) is 0 Å². The highest BCUT2D eigenvalue weighted by Crippen LogP contribution is 2.19. The van der Waals surface area contributed by atoms with Crippen LogP contribution in [0, 0.1) is 5.92 Å². The summed E-state index contributed by atoms with van der Waals surface area (Å²) in [6.07, 6.45) is 4.75. The lowest BCUT2D eigenvalue weighted by Crippen LogP contribution is -2.14. The Balaban J connectivity index is 1.67. The molecule has 0 amide bonds. The topological polar surface area (TPSA) is 98.9 Å². The number of imidazole rings is 1. The van der Waals surface area contributed by atoms with Crippen LogP contribution in [0.5, 0.6) is 6.01 Å². The van der Waals surface area contributed by atoms with Crippen molar-refractivity contribution in [2.24, 2.45) is 5.92 Å². The van der Waals surface area contributed by atoms with Crippen LogP contribution in [0.4, 0.5) is 5.82 Å². The number of anilines is 1. The van der Waals surface area contributed by atoms with Gasteiger partial charge in [0, 0.05) is 13.2 Å². The Morgan fingerprint density at radius 3 is 3.26 bits per heavy atom. The largest absolute Gasteiger partial charge is 0.463 e. The van der Waals surface area contributed by atoms with Crippen LogP contribution < -0.4 is 10.5 Å². The van der Waals surface area contributed by atoms with Crippen LogP contribution >= 0.6 is 0 Å². The fourth-order valence-electron chi connectivity index (χ4n) is 2.23. The van der Waals surface area contributed by atoms with Crippen molar-refractivity contribution in [2.45, 2.75) is 19.3 Å². The molecular formula is C12H17N5O2. The van der Waals surface area contributed by atoms with Gasteiger partial charge in [-0.15, -0.1) is 0 Å². The lowest BCUT2D eigenvalue weighted by molar-refractivity contribution is 0.136. The Labute approximate surface area is 110 Å². The molecule has 7 heteroatoms. The second-order valence-corrected chi connectivity index (χ2v) is 4.71. The van der Waals surface area contributed by atoms with E-state index in [-0.39, 0.29) is 0 Å². The Morgan fingerprint density at radius 2 is 2.32 bits per heavy atom. The molecule has 3 heterocycles. The SMILES string of the molecule is Nc1nc(OCC2CCCOCC2)nc2nc[nH]c12. The molecular weight excluding hydrogens is 246 g/mol. The highest BCUT2D eigenvalue weighted by atomic mass is 16.5. The standard InChI is InChI=1S/C12H17N5O2/c13-10-9-11(15-7-14-9)17-12(16-10)19-6-8-2-1-4-18-5-3-8/h7-8H,1-6H2,(H3,13,14,15,16,17). The number of nitrogen functional groups attached to an aromatic ring is 1. The Morgan fingerprint density at radius 1 is 1.37 bits per heavy atom. The number of fused-ring (bicyclic) bond motifs is 1. The molecule has 19 heavy (non-hydrogen) atoms. The predicted octanol–water partition coefficient (Wildman–Crippen LogP) is 1.13. The molecule has 0 bridgehead atoms. The third kappa shape index (κ3) is 2.76. The van der Waals surface area contributed by atoms with E-state index in [1.807, 2.05) is 0 Å². The van der Waals surface area contributed by atoms with Gasteiger partial charge in [-0.25, -0.2) is 4.98 Å². The minimum atomic E-state index is 0.294. The molecule has 1 aliphatic heterocycles. The van der Waals surface area contributed by atoms with Gasteiger partial charge >= 0.3 is 6.01 Å². The average molecular weight is 263 g/mol. The molecule has 1 aliphatic rings. The number of ether oxygens (including phenoxy) is 2. The van der Waals surface area contributed by atoms with E-state index in [0.717, 1.165) is 32.5 Å². The van der Waals surface area contributed by atoms with Gasteiger partial charge in [-0.2, -0.15) is 9.97 Å². The summed E-state index contributed by atoms with van der Waals surface area (Å²) in [6.45, 7) is 2.24. The zero-order chi connectivity index (χ0) is 13.1. The monoisotopic (exact) mass is 263 g/mol. The molecule has 0 aliphatic carbocycles. The van der Waals surface area contributed by atoms with E-state index >= 15 is 0 Å². The van der Waals surface area contributed by atoms with Crippen LogP contribution in [0.2, 0.25) is 0 Å². The third-order valence-corrected chi connectivity index (χ3v) is 3.31. The third-order valence-electron chi connectivity index (χ3n) is 3.31. The lowest BCUT2D eigenvalue weighted by Gasteiger charge is -2.13. The van der Waals surface area contributed by atoms with E-state index < -0.39 is 0 Å². The number of H-pyrrole nitrogens is 1. The minimum absolute atomic E-state index is 0.294. The van der Waals surface area contributed by atoms with Crippen LogP contribution in [-0.2, 0) is 4.74 Å². The maximum absolute atomic E-state index is 5.81. The number of hydrogen-bond donors (Lipinski definition) is 2. The highest BCUT2D eigenvalue weighted by Gasteiger charge is 2.15. The molecule has 7 nitrogen and oxygen atoms in total. The van der Waals surface area contributed by atoms with Crippen molar-refractivity contribution >= 4 is 17.0 Å². The van der Waals surface area contributed by atoms with Crippen molar-refractivity contribution in [1.82, 2.24) is 19.9 Å². The summed E-state index contributed by atoms with van der Waals surface area (Å²) >= 11 is 0. The molecule has 0 spiro atoms. The molecule has 0 radical (unpaired) electrons. The predicted molar refractivity (Wildman–Crippen MR) is 69.8 cm³/mol. The summed E-state index contributed by atoms with van der Waals surface area (Å²) in [5.74, 6) is 0.851. The molecule has 0 saturated carbocycles. The summed E-state index contributed by atoms with van der Waals surface area (Å²) in [5.41, 5.74) is 7.00. The summed E-state index contributed by atoms with van der Waals surface area (Å²) in [6, 6.07) is 0.294. The van der Waals surface area contributed by atoms with Crippen molar-refractivity contribution in [2.75, 3.05) is 25.6 Å². The van der Waals surface area contributed by atoms with Gasteiger partial charge in [0.15, 0.2) is 11.5 Å². The van der Waals surface area contributed by atoms with E-state index in [1.54, 1.807) is 6.33 Å². The number of nitrogens with two attached hydrogens (primary N) is 1. The van der Waals surface area contributed by atoms with Crippen molar-refractivity contribution in [3.05, 3.63) is 6.33 Å². The van der Waals surface area contributed by atoms with Crippen LogP contribution in [0.25, 0.3) is 11.2 Å². The molecule has 1 saturated heterocycles. The zero-order valence-corrected chi connectivity index (χ0v) is 10.6. The average Bonchev–Trinajstić information content (AvgIpc) is 2.73. The lowest BCUT2D eigenvalue weighted by atomic mass is 10.0. The van der Waals surface area contributed by atoms with E-state index in [2.05, 4.69) is 19.9 Å². The van der Waals surface area contributed by atoms with Gasteiger partial charge in [-0.3, -0.25) is 0 Å². The summed E-state index contributed by atoms with van der Waals surface area (Å²) < 4.78 is 11.1. The Bertz CT molecular complexity index is 548. The number of nitrogens with one attached hydrogen (secondary N) is 1. The smallest absolute Gasteiger partial charge is 0.320 e. The number of hydrogen-bond acceptors (Lipinski definition) is 6. The fraction of sp³-hybridized carbons (Fsp3) is 0.583. The highest BCUT2D eigenvalue weighted by molar-refractivity contribution is 5.81. The van der Waals surface area contributed by atoms with Crippen LogP contribution in [0.15, 0.2) is 6.33 Å². The first kappa shape index (κ1) is 12.2. The van der Waals surface area contributed by atoms with Gasteiger partial charge in [0.25, 0.3) is 0 Å². The van der Waals surface area contributed by atoms with E-state index in [4.69, 9.17) is 15.2 Å². The molecule has 2 aromatic heterocycles. The molecule has 1 atom stereocenters. The zero-order valence-electron chi connectivity index (χ0n) is 10.6. The molecule has 1 unspecified atom stereocenters. The second-order valence-electron chi connectivity index (χ2n) is 4.71. The summed E-state index contributed by atoms with van der Waals surface area (Å²) in [7, 11) is 0. The van der Waals surface area contributed by atoms with Gasteiger partial charge in [0.1, 0.15) is 5.52 Å². The first-order chi connectivity index (χ1) is 9.33. The van der Waals surface area contributed by atoms with Gasteiger partial charge in [0.2, 0.25) is 0 Å². The number of nitrogens with zero attached hydrogens (tertiary/aromatic N) is 3. The Kier molecular flexibility index (Phi) is 3.45. The molecule has 0 aromatic carbocycles. The summed E-state index contributed by atoms with van der Waals surface area (Å²) in [5, 5.41) is 0. The fourth-order valence-corrected chi connectivity index (χ4v) is 2.23. The molecule has 1 fully saturated rings. The van der Waals surface area contributed by atoms with Crippen LogP contribution in [-0.4, -0.2) is 39.8 Å². The maximum Gasteiger partial charge on any atom is 0.320 e. The van der Waals surface area contributed by atoms with Crippen LogP contribution in [0.1, 0.15) is 19.3 Å². The van der Waals surface area contributed by atoms with Gasteiger partial charge in [-0.05, 0) is 25.2 Å². The van der Waals surface area contributed by atoms with E-state index in [9.17, 15) is 0 Å². The van der Waals surface area contributed by atoms with Gasteiger partial charge in [0.05, 0.1) is 12.9 Å². The van der Waals surface area contributed by atoms with Crippen molar-refractivity contribution < 1.29 is 9.47 Å². The molecule has 2 aromatic rings. The molecule has 102 valence electrons. The maximum atomic E-state index is 5.81. The summed E-state index contributed by atoms with van der Waals surface area (Å²) in [4.78, 5) is 15.3.